The Balaban J connectivity index is 2.04. The molecule has 2 rings (SSSR count). The average molecular weight is 290 g/mol. The van der Waals surface area contributed by atoms with E-state index in [4.69, 9.17) is 5.73 Å². The molecule has 4 N–H and O–H groups in total. The van der Waals surface area contributed by atoms with Crippen molar-refractivity contribution < 1.29 is 9.59 Å². The van der Waals surface area contributed by atoms with Crippen LogP contribution >= 0.6 is 0 Å². The average Bonchev–Trinajstić information content (AvgIpc) is 2.90. The summed E-state index contributed by atoms with van der Waals surface area (Å²) in [4.78, 5) is 25.3. The van der Waals surface area contributed by atoms with Crippen LogP contribution in [0.25, 0.3) is 0 Å². The molecule has 1 saturated heterocycles. The van der Waals surface area contributed by atoms with Crippen LogP contribution in [0.2, 0.25) is 0 Å². The molecule has 6 heteroatoms. The smallest absolute Gasteiger partial charge is 0.241 e. The predicted octanol–water partition coefficient (Wildman–Crippen LogP) is 0.146. The van der Waals surface area contributed by atoms with E-state index in [2.05, 4.69) is 10.9 Å². The molecule has 0 saturated carbocycles. The first-order valence-corrected chi connectivity index (χ1v) is 7.18. The van der Waals surface area contributed by atoms with Crippen LogP contribution in [-0.2, 0) is 16.1 Å². The van der Waals surface area contributed by atoms with Crippen molar-refractivity contribution in [3.63, 3.8) is 0 Å². The summed E-state index contributed by atoms with van der Waals surface area (Å²) >= 11 is 0. The molecule has 21 heavy (non-hydrogen) atoms. The Morgan fingerprint density at radius 1 is 1.29 bits per heavy atom. The van der Waals surface area contributed by atoms with Crippen molar-refractivity contribution in [2.45, 2.75) is 38.4 Å². The molecule has 2 unspecified atom stereocenters. The van der Waals surface area contributed by atoms with E-state index in [-0.39, 0.29) is 24.4 Å². The Morgan fingerprint density at radius 3 is 2.57 bits per heavy atom. The SMILES string of the molecule is CC1CC(C(=O)N(CCC(N)=O)Cc2ccccc2)NN1. The molecule has 0 spiro atoms. The van der Waals surface area contributed by atoms with Crippen molar-refractivity contribution >= 4 is 11.8 Å². The molecule has 1 aliphatic heterocycles. The van der Waals surface area contributed by atoms with E-state index in [1.165, 1.54) is 0 Å². The summed E-state index contributed by atoms with van der Waals surface area (Å²) in [6, 6.07) is 9.74. The van der Waals surface area contributed by atoms with Crippen LogP contribution in [0.3, 0.4) is 0 Å². The third-order valence-corrected chi connectivity index (χ3v) is 3.55. The van der Waals surface area contributed by atoms with Gasteiger partial charge in [-0.3, -0.25) is 15.0 Å². The summed E-state index contributed by atoms with van der Waals surface area (Å²) in [6.45, 7) is 2.85. The highest BCUT2D eigenvalue weighted by atomic mass is 16.2. The molecule has 1 aliphatic rings. The normalized spacial score (nSPS) is 21.2. The summed E-state index contributed by atoms with van der Waals surface area (Å²) in [5.74, 6) is -0.399. The van der Waals surface area contributed by atoms with E-state index in [0.717, 1.165) is 12.0 Å². The summed E-state index contributed by atoms with van der Waals surface area (Å²) in [5.41, 5.74) is 12.3. The predicted molar refractivity (Wildman–Crippen MR) is 79.8 cm³/mol. The van der Waals surface area contributed by atoms with Gasteiger partial charge in [-0.2, -0.15) is 0 Å². The topological polar surface area (TPSA) is 87.5 Å². The number of benzene rings is 1. The van der Waals surface area contributed by atoms with E-state index < -0.39 is 5.91 Å². The zero-order valence-electron chi connectivity index (χ0n) is 12.2. The number of nitrogens with one attached hydrogen (secondary N) is 2. The van der Waals surface area contributed by atoms with Crippen molar-refractivity contribution in [1.82, 2.24) is 15.8 Å². The van der Waals surface area contributed by atoms with Gasteiger partial charge in [0, 0.05) is 25.6 Å². The fraction of sp³-hybridized carbons (Fsp3) is 0.467. The first-order chi connectivity index (χ1) is 10.1. The minimum Gasteiger partial charge on any atom is -0.370 e. The number of hydrogen-bond acceptors (Lipinski definition) is 4. The van der Waals surface area contributed by atoms with Gasteiger partial charge in [0.1, 0.15) is 6.04 Å². The van der Waals surface area contributed by atoms with E-state index in [1.54, 1.807) is 4.90 Å². The van der Waals surface area contributed by atoms with Gasteiger partial charge < -0.3 is 10.6 Å². The zero-order valence-corrected chi connectivity index (χ0v) is 12.2. The van der Waals surface area contributed by atoms with Gasteiger partial charge in [-0.25, -0.2) is 5.43 Å². The lowest BCUT2D eigenvalue weighted by molar-refractivity contribution is -0.134. The summed E-state index contributed by atoms with van der Waals surface area (Å²) in [6.07, 6.45) is 0.912. The number of hydrogen-bond donors (Lipinski definition) is 3. The van der Waals surface area contributed by atoms with Crippen molar-refractivity contribution in [1.29, 1.82) is 0 Å². The molecule has 1 aromatic carbocycles. The van der Waals surface area contributed by atoms with Crippen molar-refractivity contribution in [2.24, 2.45) is 5.73 Å². The quantitative estimate of drug-likeness (QED) is 0.696. The number of nitrogens with zero attached hydrogens (tertiary/aromatic N) is 1. The van der Waals surface area contributed by atoms with Crippen LogP contribution in [0.5, 0.6) is 0 Å². The first kappa shape index (κ1) is 15.5. The highest BCUT2D eigenvalue weighted by Crippen LogP contribution is 2.12. The molecule has 0 radical (unpaired) electrons. The van der Waals surface area contributed by atoms with Crippen LogP contribution in [-0.4, -0.2) is 35.3 Å². The molecule has 2 amide bonds. The maximum absolute atomic E-state index is 12.6. The van der Waals surface area contributed by atoms with Gasteiger partial charge in [-0.1, -0.05) is 30.3 Å². The summed E-state index contributed by atoms with van der Waals surface area (Å²) < 4.78 is 0. The maximum Gasteiger partial charge on any atom is 0.241 e. The fourth-order valence-electron chi connectivity index (χ4n) is 2.41. The van der Waals surface area contributed by atoms with Gasteiger partial charge in [0.15, 0.2) is 0 Å². The second-order valence-electron chi connectivity index (χ2n) is 5.44. The van der Waals surface area contributed by atoms with Gasteiger partial charge in [-0.15, -0.1) is 0 Å². The monoisotopic (exact) mass is 290 g/mol. The highest BCUT2D eigenvalue weighted by Gasteiger charge is 2.30. The maximum atomic E-state index is 12.6. The Morgan fingerprint density at radius 2 is 2.00 bits per heavy atom. The molecule has 0 aliphatic carbocycles. The van der Waals surface area contributed by atoms with E-state index in [1.807, 2.05) is 37.3 Å². The molecular formula is C15H22N4O2. The van der Waals surface area contributed by atoms with Gasteiger partial charge >= 0.3 is 0 Å². The Kier molecular flexibility index (Phi) is 5.30. The third kappa shape index (κ3) is 4.54. The number of rotatable bonds is 6. The van der Waals surface area contributed by atoms with Crippen LogP contribution in [0.1, 0.15) is 25.3 Å². The Bertz CT molecular complexity index is 492. The van der Waals surface area contributed by atoms with Crippen LogP contribution in [0, 0.1) is 0 Å². The Labute approximate surface area is 124 Å². The van der Waals surface area contributed by atoms with Crippen LogP contribution in [0.15, 0.2) is 30.3 Å². The Hall–Kier alpha value is -1.92. The molecule has 114 valence electrons. The summed E-state index contributed by atoms with van der Waals surface area (Å²) in [7, 11) is 0. The number of carbonyl (C=O) groups excluding carboxylic acids is 2. The fourth-order valence-corrected chi connectivity index (χ4v) is 2.41. The third-order valence-electron chi connectivity index (χ3n) is 3.55. The van der Waals surface area contributed by atoms with E-state index >= 15 is 0 Å². The first-order valence-electron chi connectivity index (χ1n) is 7.18. The number of amides is 2. The molecule has 2 atom stereocenters. The van der Waals surface area contributed by atoms with Gasteiger partial charge in [0.25, 0.3) is 0 Å². The standard InChI is InChI=1S/C15H22N4O2/c1-11-9-13(18-17-11)15(21)19(8-7-14(16)20)10-12-5-3-2-4-6-12/h2-6,11,13,17-18H,7-10H2,1H3,(H2,16,20). The number of nitrogens with two attached hydrogens (primary N) is 1. The molecule has 0 aromatic heterocycles. The summed E-state index contributed by atoms with van der Waals surface area (Å²) in [5, 5.41) is 0. The molecule has 1 heterocycles. The highest BCUT2D eigenvalue weighted by molar-refractivity contribution is 5.83. The second kappa shape index (κ2) is 7.19. The lowest BCUT2D eigenvalue weighted by Gasteiger charge is -2.25. The van der Waals surface area contributed by atoms with E-state index in [9.17, 15) is 9.59 Å². The minimum atomic E-state index is -0.397. The number of hydrazine groups is 1. The van der Waals surface area contributed by atoms with Crippen LogP contribution < -0.4 is 16.6 Å². The number of primary amides is 1. The second-order valence-corrected chi connectivity index (χ2v) is 5.44. The van der Waals surface area contributed by atoms with E-state index in [0.29, 0.717) is 13.1 Å². The van der Waals surface area contributed by atoms with Crippen molar-refractivity contribution in [3.05, 3.63) is 35.9 Å². The molecule has 1 aromatic rings. The largest absolute Gasteiger partial charge is 0.370 e. The molecule has 1 fully saturated rings. The minimum absolute atomic E-state index is 0.00282. The van der Waals surface area contributed by atoms with Gasteiger partial charge in [0.2, 0.25) is 11.8 Å². The molecule has 0 bridgehead atoms. The van der Waals surface area contributed by atoms with Crippen molar-refractivity contribution in [3.8, 4) is 0 Å². The molecule has 6 nitrogen and oxygen atoms in total. The molecular weight excluding hydrogens is 268 g/mol. The zero-order chi connectivity index (χ0) is 15.2. The van der Waals surface area contributed by atoms with Gasteiger partial charge in [0.05, 0.1) is 0 Å². The van der Waals surface area contributed by atoms with Gasteiger partial charge in [-0.05, 0) is 18.9 Å². The van der Waals surface area contributed by atoms with Crippen LogP contribution in [0.4, 0.5) is 0 Å². The van der Waals surface area contributed by atoms with Crippen molar-refractivity contribution in [2.75, 3.05) is 6.54 Å². The number of carbonyl (C=O) groups is 2. The lowest BCUT2D eigenvalue weighted by Crippen LogP contribution is -2.46. The lowest BCUT2D eigenvalue weighted by atomic mass is 10.1.